The second kappa shape index (κ2) is 6.48. The first-order valence-electron chi connectivity index (χ1n) is 8.12. The molecule has 2 aromatic heterocycles. The molecule has 5 nitrogen and oxygen atoms in total. The molecule has 0 aromatic carbocycles. The Balaban J connectivity index is 1.79. The van der Waals surface area contributed by atoms with Crippen LogP contribution in [0.25, 0.3) is 0 Å². The van der Waals surface area contributed by atoms with Crippen molar-refractivity contribution in [2.45, 2.75) is 45.8 Å². The van der Waals surface area contributed by atoms with Crippen LogP contribution in [0.2, 0.25) is 0 Å². The molecule has 1 aliphatic rings. The van der Waals surface area contributed by atoms with Crippen molar-refractivity contribution in [1.29, 1.82) is 0 Å². The van der Waals surface area contributed by atoms with Crippen molar-refractivity contribution < 1.29 is 0 Å². The van der Waals surface area contributed by atoms with Crippen molar-refractivity contribution in [2.24, 2.45) is 0 Å². The van der Waals surface area contributed by atoms with Crippen molar-refractivity contribution in [3.63, 3.8) is 0 Å². The summed E-state index contributed by atoms with van der Waals surface area (Å²) in [4.78, 5) is 6.89. The third-order valence-electron chi connectivity index (χ3n) is 4.53. The molecule has 0 bridgehead atoms. The summed E-state index contributed by atoms with van der Waals surface area (Å²) >= 11 is 0. The van der Waals surface area contributed by atoms with Crippen LogP contribution < -0.4 is 5.32 Å². The lowest BCUT2D eigenvalue weighted by molar-refractivity contribution is 0.248. The zero-order valence-corrected chi connectivity index (χ0v) is 13.7. The van der Waals surface area contributed by atoms with Crippen molar-refractivity contribution in [1.82, 2.24) is 19.7 Å². The Morgan fingerprint density at radius 3 is 3.00 bits per heavy atom. The van der Waals surface area contributed by atoms with E-state index in [1.807, 2.05) is 17.9 Å². The van der Waals surface area contributed by atoms with E-state index in [0.717, 1.165) is 31.1 Å². The molecule has 1 aliphatic heterocycles. The normalized spacial score (nSPS) is 18.8. The number of pyridine rings is 1. The van der Waals surface area contributed by atoms with Crippen LogP contribution in [0.4, 0.5) is 5.82 Å². The number of hydrogen-bond donors (Lipinski definition) is 1. The highest BCUT2D eigenvalue weighted by molar-refractivity contribution is 5.38. The molecule has 3 heterocycles. The minimum Gasteiger partial charge on any atom is -0.373 e. The number of anilines is 1. The van der Waals surface area contributed by atoms with Gasteiger partial charge in [0.1, 0.15) is 5.82 Å². The summed E-state index contributed by atoms with van der Waals surface area (Å²) in [5.74, 6) is 0.944. The van der Waals surface area contributed by atoms with Gasteiger partial charge in [-0.2, -0.15) is 5.10 Å². The molecule has 1 fully saturated rings. The third-order valence-corrected chi connectivity index (χ3v) is 4.53. The van der Waals surface area contributed by atoms with Crippen LogP contribution in [0.3, 0.4) is 0 Å². The number of aromatic nitrogens is 3. The molecule has 0 aliphatic carbocycles. The zero-order valence-electron chi connectivity index (χ0n) is 13.7. The number of nitrogens with one attached hydrogen (secondary N) is 1. The molecule has 5 heteroatoms. The molecule has 1 atom stereocenters. The van der Waals surface area contributed by atoms with E-state index in [0.29, 0.717) is 6.04 Å². The number of likely N-dealkylation sites (tertiary alicyclic amines) is 1. The molecular weight excluding hydrogens is 274 g/mol. The standard InChI is InChI=1S/C17H25N5/c1-4-22-12-15(13(2)20-22)11-21-9-5-6-16(21)14-7-8-19-17(10-14)18-3/h7-8,10,12,16H,4-6,9,11H2,1-3H3,(H,18,19). The van der Waals surface area contributed by atoms with Crippen molar-refractivity contribution >= 4 is 5.82 Å². The lowest BCUT2D eigenvalue weighted by Crippen LogP contribution is -2.23. The van der Waals surface area contributed by atoms with Crippen molar-refractivity contribution in [3.8, 4) is 0 Å². The van der Waals surface area contributed by atoms with Crippen molar-refractivity contribution in [3.05, 3.63) is 41.3 Å². The number of rotatable bonds is 5. The Bertz CT molecular complexity index is 634. The van der Waals surface area contributed by atoms with E-state index in [1.54, 1.807) is 0 Å². The summed E-state index contributed by atoms with van der Waals surface area (Å²) in [5.41, 5.74) is 3.85. The summed E-state index contributed by atoms with van der Waals surface area (Å²) in [6.07, 6.45) is 6.56. The molecule has 0 amide bonds. The van der Waals surface area contributed by atoms with Gasteiger partial charge in [0.25, 0.3) is 0 Å². The molecule has 2 aromatic rings. The molecule has 1 unspecified atom stereocenters. The first-order valence-corrected chi connectivity index (χ1v) is 8.12. The van der Waals surface area contributed by atoms with E-state index < -0.39 is 0 Å². The van der Waals surface area contributed by atoms with E-state index in [-0.39, 0.29) is 0 Å². The van der Waals surface area contributed by atoms with Gasteiger partial charge >= 0.3 is 0 Å². The second-order valence-electron chi connectivity index (χ2n) is 5.95. The van der Waals surface area contributed by atoms with Gasteiger partial charge in [-0.15, -0.1) is 0 Å². The average Bonchev–Trinajstić information content (AvgIpc) is 3.15. The van der Waals surface area contributed by atoms with Crippen LogP contribution in [0.1, 0.15) is 42.6 Å². The van der Waals surface area contributed by atoms with Crippen LogP contribution in [0, 0.1) is 6.92 Å². The van der Waals surface area contributed by atoms with Crippen LogP contribution in [0.15, 0.2) is 24.5 Å². The van der Waals surface area contributed by atoms with E-state index >= 15 is 0 Å². The summed E-state index contributed by atoms with van der Waals surface area (Å²) in [6, 6.07) is 4.80. The Morgan fingerprint density at radius 2 is 2.27 bits per heavy atom. The van der Waals surface area contributed by atoms with Crippen LogP contribution in [0.5, 0.6) is 0 Å². The van der Waals surface area contributed by atoms with E-state index in [1.165, 1.54) is 24.0 Å². The Hall–Kier alpha value is -1.88. The number of aryl methyl sites for hydroxylation is 2. The molecule has 3 rings (SSSR count). The fourth-order valence-electron chi connectivity index (χ4n) is 3.28. The minimum atomic E-state index is 0.486. The lowest BCUT2D eigenvalue weighted by Gasteiger charge is -2.24. The topological polar surface area (TPSA) is 46.0 Å². The fraction of sp³-hybridized carbons (Fsp3) is 0.529. The summed E-state index contributed by atoms with van der Waals surface area (Å²) < 4.78 is 2.03. The van der Waals surface area contributed by atoms with E-state index in [9.17, 15) is 0 Å². The fourth-order valence-corrected chi connectivity index (χ4v) is 3.28. The van der Waals surface area contributed by atoms with Gasteiger partial charge in [0.15, 0.2) is 0 Å². The maximum absolute atomic E-state index is 4.57. The van der Waals surface area contributed by atoms with Gasteiger partial charge in [-0.05, 0) is 50.9 Å². The second-order valence-corrected chi connectivity index (χ2v) is 5.95. The van der Waals surface area contributed by atoms with Crippen LogP contribution in [-0.4, -0.2) is 33.3 Å². The zero-order chi connectivity index (χ0) is 15.5. The summed E-state index contributed by atoms with van der Waals surface area (Å²) in [7, 11) is 1.92. The molecule has 118 valence electrons. The Kier molecular flexibility index (Phi) is 4.43. The first-order chi connectivity index (χ1) is 10.7. The Morgan fingerprint density at radius 1 is 1.41 bits per heavy atom. The Labute approximate surface area is 132 Å². The van der Waals surface area contributed by atoms with Crippen LogP contribution in [-0.2, 0) is 13.1 Å². The number of hydrogen-bond acceptors (Lipinski definition) is 4. The SMILES string of the molecule is CCn1cc(CN2CCCC2c2ccnc(NC)c2)c(C)n1. The van der Waals surface area contributed by atoms with Gasteiger partial charge in [0.05, 0.1) is 5.69 Å². The predicted molar refractivity (Wildman–Crippen MR) is 88.8 cm³/mol. The largest absolute Gasteiger partial charge is 0.373 e. The highest BCUT2D eigenvalue weighted by Gasteiger charge is 2.27. The maximum Gasteiger partial charge on any atom is 0.125 e. The predicted octanol–water partition coefficient (Wildman–Crippen LogP) is 2.99. The van der Waals surface area contributed by atoms with Gasteiger partial charge in [-0.3, -0.25) is 9.58 Å². The van der Waals surface area contributed by atoms with Gasteiger partial charge in [-0.25, -0.2) is 4.98 Å². The van der Waals surface area contributed by atoms with E-state index in [4.69, 9.17) is 0 Å². The highest BCUT2D eigenvalue weighted by atomic mass is 15.3. The third kappa shape index (κ3) is 2.99. The van der Waals surface area contributed by atoms with E-state index in [2.05, 4.69) is 52.5 Å². The smallest absolute Gasteiger partial charge is 0.125 e. The van der Waals surface area contributed by atoms with Gasteiger partial charge in [0, 0.05) is 44.1 Å². The molecule has 22 heavy (non-hydrogen) atoms. The molecular formula is C17H25N5. The van der Waals surface area contributed by atoms with Gasteiger partial charge in [0.2, 0.25) is 0 Å². The monoisotopic (exact) mass is 299 g/mol. The van der Waals surface area contributed by atoms with Gasteiger partial charge in [-0.1, -0.05) is 0 Å². The van der Waals surface area contributed by atoms with Gasteiger partial charge < -0.3 is 5.32 Å². The number of nitrogens with zero attached hydrogens (tertiary/aromatic N) is 4. The highest BCUT2D eigenvalue weighted by Crippen LogP contribution is 2.34. The lowest BCUT2D eigenvalue weighted by atomic mass is 10.1. The summed E-state index contributed by atoms with van der Waals surface area (Å²) in [6.45, 7) is 7.30. The molecule has 0 radical (unpaired) electrons. The minimum absolute atomic E-state index is 0.486. The van der Waals surface area contributed by atoms with Crippen molar-refractivity contribution in [2.75, 3.05) is 18.9 Å². The molecule has 0 saturated carbocycles. The first kappa shape index (κ1) is 15.0. The maximum atomic E-state index is 4.57. The molecule has 1 saturated heterocycles. The molecule has 1 N–H and O–H groups in total. The summed E-state index contributed by atoms with van der Waals surface area (Å²) in [5, 5.41) is 7.70. The average molecular weight is 299 g/mol. The molecule has 0 spiro atoms. The van der Waals surface area contributed by atoms with Crippen LogP contribution >= 0.6 is 0 Å². The quantitative estimate of drug-likeness (QED) is 0.922.